The summed E-state index contributed by atoms with van der Waals surface area (Å²) in [7, 11) is 0. The lowest BCUT2D eigenvalue weighted by Crippen LogP contribution is -2.28. The molecule has 0 fully saturated rings. The van der Waals surface area contributed by atoms with E-state index in [0.717, 1.165) is 22.6 Å². The van der Waals surface area contributed by atoms with Crippen LogP contribution in [0.25, 0.3) is 53.3 Å². The van der Waals surface area contributed by atoms with Gasteiger partial charge in [-0.15, -0.1) is 11.3 Å². The number of hydrogen-bond acceptors (Lipinski definition) is 3. The fourth-order valence-corrected chi connectivity index (χ4v) is 10.1. The van der Waals surface area contributed by atoms with Gasteiger partial charge in [0.05, 0.1) is 15.6 Å². The molecule has 10 aromatic rings. The summed E-state index contributed by atoms with van der Waals surface area (Å²) in [5.41, 5.74) is 13.9. The molecule has 2 nitrogen and oxygen atoms in total. The van der Waals surface area contributed by atoms with Gasteiger partial charge in [0.1, 0.15) is 0 Å². The van der Waals surface area contributed by atoms with Crippen LogP contribution in [-0.2, 0) is 5.41 Å². The molecule has 0 N–H and O–H groups in total. The first-order valence-corrected chi connectivity index (χ1v) is 19.6. The molecule has 11 rings (SSSR count). The van der Waals surface area contributed by atoms with Crippen LogP contribution in [0.5, 0.6) is 0 Å². The first kappa shape index (κ1) is 31.7. The maximum atomic E-state index is 4.80. The van der Waals surface area contributed by atoms with Gasteiger partial charge >= 0.3 is 0 Å². The monoisotopic (exact) mass is 718 g/mol. The number of thiophene rings is 1. The van der Waals surface area contributed by atoms with Crippen LogP contribution in [0, 0.1) is 0 Å². The number of anilines is 3. The Bertz CT molecular complexity index is 2980. The van der Waals surface area contributed by atoms with E-state index in [4.69, 9.17) is 4.98 Å². The first-order valence-electron chi connectivity index (χ1n) is 18.8. The van der Waals surface area contributed by atoms with Gasteiger partial charge in [-0.3, -0.25) is 4.98 Å². The molecule has 1 aliphatic carbocycles. The smallest absolute Gasteiger partial charge is 0.0714 e. The normalized spacial score (nSPS) is 12.9. The molecule has 1 aliphatic rings. The second kappa shape index (κ2) is 12.7. The summed E-state index contributed by atoms with van der Waals surface area (Å²) in [4.78, 5) is 7.23. The third kappa shape index (κ3) is 4.90. The van der Waals surface area contributed by atoms with Gasteiger partial charge in [-0.2, -0.15) is 0 Å². The van der Waals surface area contributed by atoms with Crippen LogP contribution >= 0.6 is 11.3 Å². The number of fused-ring (bicyclic) bond motifs is 8. The minimum Gasteiger partial charge on any atom is -0.310 e. The number of nitrogens with zero attached hydrogens (tertiary/aromatic N) is 2. The van der Waals surface area contributed by atoms with E-state index in [9.17, 15) is 0 Å². The Morgan fingerprint density at radius 2 is 1.00 bits per heavy atom. The predicted molar refractivity (Wildman–Crippen MR) is 232 cm³/mol. The van der Waals surface area contributed by atoms with Crippen molar-refractivity contribution in [2.75, 3.05) is 4.90 Å². The molecule has 55 heavy (non-hydrogen) atoms. The minimum absolute atomic E-state index is 0.489. The predicted octanol–water partition coefficient (Wildman–Crippen LogP) is 14.1. The Morgan fingerprint density at radius 1 is 0.418 bits per heavy atom. The highest BCUT2D eigenvalue weighted by atomic mass is 32.1. The van der Waals surface area contributed by atoms with Gasteiger partial charge in [-0.25, -0.2) is 0 Å². The first-order chi connectivity index (χ1) is 27.3. The molecule has 2 aromatic heterocycles. The third-order valence-corrected chi connectivity index (χ3v) is 12.5. The molecule has 0 atom stereocenters. The lowest BCUT2D eigenvalue weighted by Gasteiger charge is -2.35. The summed E-state index contributed by atoms with van der Waals surface area (Å²) in [6.07, 6.45) is 2.03. The quantitative estimate of drug-likeness (QED) is 0.170. The molecule has 0 bridgehead atoms. The van der Waals surface area contributed by atoms with Crippen LogP contribution in [0.1, 0.15) is 22.3 Å². The zero-order valence-electron chi connectivity index (χ0n) is 29.9. The largest absolute Gasteiger partial charge is 0.310 e. The van der Waals surface area contributed by atoms with Crippen molar-refractivity contribution in [3.05, 3.63) is 229 Å². The highest BCUT2D eigenvalue weighted by Gasteiger charge is 2.46. The number of aromatic nitrogens is 1. The van der Waals surface area contributed by atoms with Crippen molar-refractivity contribution in [2.24, 2.45) is 0 Å². The van der Waals surface area contributed by atoms with Gasteiger partial charge in [0.15, 0.2) is 0 Å². The highest BCUT2D eigenvalue weighted by Crippen LogP contribution is 2.57. The number of para-hydroxylation sites is 1. The van der Waals surface area contributed by atoms with Crippen molar-refractivity contribution in [3.8, 4) is 22.3 Å². The third-order valence-electron chi connectivity index (χ3n) is 11.4. The number of rotatable bonds is 6. The lowest BCUT2D eigenvalue weighted by atomic mass is 9.67. The minimum atomic E-state index is -0.489. The molecule has 0 saturated heterocycles. The van der Waals surface area contributed by atoms with Gasteiger partial charge in [0, 0.05) is 44.1 Å². The Kier molecular flexibility index (Phi) is 7.29. The molecule has 0 unspecified atom stereocenters. The topological polar surface area (TPSA) is 16.1 Å². The fraction of sp³-hybridized carbons (Fsp3) is 0.0192. The summed E-state index contributed by atoms with van der Waals surface area (Å²) in [6.45, 7) is 0. The van der Waals surface area contributed by atoms with Crippen molar-refractivity contribution in [1.29, 1.82) is 0 Å². The van der Waals surface area contributed by atoms with Gasteiger partial charge in [0.25, 0.3) is 0 Å². The molecule has 3 heteroatoms. The van der Waals surface area contributed by atoms with Gasteiger partial charge in [0.2, 0.25) is 0 Å². The van der Waals surface area contributed by atoms with Crippen LogP contribution < -0.4 is 4.90 Å². The molecule has 8 aromatic carbocycles. The van der Waals surface area contributed by atoms with E-state index < -0.39 is 5.41 Å². The fourth-order valence-electron chi connectivity index (χ4n) is 8.99. The Morgan fingerprint density at radius 3 is 1.76 bits per heavy atom. The molecular weight excluding hydrogens is 685 g/mol. The zero-order valence-corrected chi connectivity index (χ0v) is 30.7. The van der Waals surface area contributed by atoms with Crippen LogP contribution in [-0.4, -0.2) is 4.98 Å². The van der Waals surface area contributed by atoms with E-state index >= 15 is 0 Å². The van der Waals surface area contributed by atoms with Crippen molar-refractivity contribution in [2.45, 2.75) is 5.41 Å². The van der Waals surface area contributed by atoms with E-state index in [2.05, 4.69) is 205 Å². The maximum Gasteiger partial charge on any atom is 0.0714 e. The second-order valence-electron chi connectivity index (χ2n) is 14.3. The molecule has 0 radical (unpaired) electrons. The van der Waals surface area contributed by atoms with Crippen LogP contribution in [0.15, 0.2) is 206 Å². The molecule has 0 amide bonds. The van der Waals surface area contributed by atoms with E-state index in [1.807, 2.05) is 17.5 Å². The Balaban J connectivity index is 1.15. The zero-order chi connectivity index (χ0) is 36.3. The van der Waals surface area contributed by atoms with Crippen molar-refractivity contribution in [3.63, 3.8) is 0 Å². The SMILES string of the molecule is c1ccc(-c2ccc(N(c3ccc4c(c3)C(c3ccccc3)(c3ccccc3)c3ccccc3-4)c3ccc4c(c3)sc3cnc5ccccc5c34)cc2)cc1. The summed E-state index contributed by atoms with van der Waals surface area (Å²) >= 11 is 1.82. The van der Waals surface area contributed by atoms with E-state index in [0.29, 0.717) is 0 Å². The molecular formula is C52H34N2S. The van der Waals surface area contributed by atoms with Crippen LogP contribution in [0.2, 0.25) is 0 Å². The molecule has 0 saturated carbocycles. The average Bonchev–Trinajstić information content (AvgIpc) is 3.78. The Labute approximate surface area is 324 Å². The van der Waals surface area contributed by atoms with E-state index in [1.165, 1.54) is 70.1 Å². The molecule has 258 valence electrons. The summed E-state index contributed by atoms with van der Waals surface area (Å²) in [5, 5.41) is 3.74. The molecule has 0 spiro atoms. The van der Waals surface area contributed by atoms with E-state index in [1.54, 1.807) is 0 Å². The number of hydrogen-bond donors (Lipinski definition) is 0. The van der Waals surface area contributed by atoms with Crippen molar-refractivity contribution in [1.82, 2.24) is 4.98 Å². The summed E-state index contributed by atoms with van der Waals surface area (Å²) in [6, 6.07) is 73.2. The maximum absolute atomic E-state index is 4.80. The summed E-state index contributed by atoms with van der Waals surface area (Å²) in [5.74, 6) is 0. The lowest BCUT2D eigenvalue weighted by molar-refractivity contribution is 0.768. The van der Waals surface area contributed by atoms with Gasteiger partial charge in [-0.05, 0) is 87.0 Å². The summed E-state index contributed by atoms with van der Waals surface area (Å²) < 4.78 is 2.45. The standard InChI is InChI=1S/C52H34N2S/c1-4-14-35(15-5-1)36-24-26-39(27-25-36)54(41-29-31-45-49(33-41)55-50-34-53-48-23-13-11-21-44(48)51(45)50)40-28-30-43-42-20-10-12-22-46(42)52(47(43)32-40,37-16-6-2-7-17-37)38-18-8-3-9-19-38/h1-34H. The van der Waals surface area contributed by atoms with Crippen molar-refractivity contribution < 1.29 is 0 Å². The second-order valence-corrected chi connectivity index (χ2v) is 15.4. The highest BCUT2D eigenvalue weighted by molar-refractivity contribution is 7.26. The molecule has 2 heterocycles. The van der Waals surface area contributed by atoms with E-state index in [-0.39, 0.29) is 0 Å². The van der Waals surface area contributed by atoms with Crippen LogP contribution in [0.4, 0.5) is 17.1 Å². The van der Waals surface area contributed by atoms with Crippen molar-refractivity contribution >= 4 is 59.5 Å². The number of pyridine rings is 1. The average molecular weight is 719 g/mol. The molecule has 0 aliphatic heterocycles. The van der Waals surface area contributed by atoms with Crippen LogP contribution in [0.3, 0.4) is 0 Å². The van der Waals surface area contributed by atoms with Gasteiger partial charge < -0.3 is 4.90 Å². The Hall–Kier alpha value is -6.81. The van der Waals surface area contributed by atoms with Gasteiger partial charge in [-0.1, -0.05) is 158 Å². The number of benzene rings is 8.